The first-order valence-corrected chi connectivity index (χ1v) is 11.1. The highest BCUT2D eigenvalue weighted by molar-refractivity contribution is 5.68. The largest absolute Gasteiger partial charge is 0.480 e. The fourth-order valence-corrected chi connectivity index (χ4v) is 3.07. The summed E-state index contributed by atoms with van der Waals surface area (Å²) in [6.45, 7) is 6.86. The molecule has 26 heavy (non-hydrogen) atoms. The summed E-state index contributed by atoms with van der Waals surface area (Å²) in [5.41, 5.74) is 0. The molecule has 0 spiro atoms. The second-order valence-corrected chi connectivity index (χ2v) is 7.31. The van der Waals surface area contributed by atoms with Crippen LogP contribution in [0.2, 0.25) is 0 Å². The molecule has 0 atom stereocenters. The maximum absolute atomic E-state index is 10.3. The predicted octanol–water partition coefficient (Wildman–Crippen LogP) is 3.93. The molecule has 0 bridgehead atoms. The molecule has 0 saturated heterocycles. The maximum Gasteiger partial charge on any atom is 0.317 e. The quantitative estimate of drug-likeness (QED) is 0.217. The number of carboxylic acids is 1. The van der Waals surface area contributed by atoms with Crippen molar-refractivity contribution in [3.8, 4) is 0 Å². The number of rotatable bonds is 22. The molecule has 5 heteroatoms. The summed E-state index contributed by atoms with van der Waals surface area (Å²) in [7, 11) is 0. The lowest BCUT2D eigenvalue weighted by molar-refractivity contribution is -0.135. The zero-order valence-electron chi connectivity index (χ0n) is 17.3. The molecule has 0 radical (unpaired) electrons. The summed E-state index contributed by atoms with van der Waals surface area (Å²) >= 11 is 0. The number of nitrogens with one attached hydrogen (secondary N) is 3. The lowest BCUT2D eigenvalue weighted by Crippen LogP contribution is -2.34. The summed E-state index contributed by atoms with van der Waals surface area (Å²) in [4.78, 5) is 10.3. The van der Waals surface area contributed by atoms with E-state index in [0.29, 0.717) is 6.54 Å². The van der Waals surface area contributed by atoms with Gasteiger partial charge in [0.2, 0.25) is 0 Å². The van der Waals surface area contributed by atoms with Crippen LogP contribution in [0.1, 0.15) is 90.4 Å². The highest BCUT2D eigenvalue weighted by Gasteiger charge is 1.95. The fraction of sp³-hybridized carbons (Fsp3) is 0.952. The van der Waals surface area contributed by atoms with E-state index >= 15 is 0 Å². The monoisotopic (exact) mass is 371 g/mol. The van der Waals surface area contributed by atoms with Crippen molar-refractivity contribution in [1.29, 1.82) is 0 Å². The Hall–Kier alpha value is -0.650. The summed E-state index contributed by atoms with van der Waals surface area (Å²) in [6, 6.07) is 0. The Morgan fingerprint density at radius 3 is 1.42 bits per heavy atom. The number of carbonyl (C=O) groups is 1. The highest BCUT2D eigenvalue weighted by atomic mass is 16.4. The van der Waals surface area contributed by atoms with E-state index in [2.05, 4.69) is 22.9 Å². The topological polar surface area (TPSA) is 73.4 Å². The minimum atomic E-state index is -0.801. The van der Waals surface area contributed by atoms with Crippen molar-refractivity contribution in [2.45, 2.75) is 90.4 Å². The van der Waals surface area contributed by atoms with Crippen molar-refractivity contribution in [2.75, 3.05) is 39.3 Å². The minimum Gasteiger partial charge on any atom is -0.480 e. The fourth-order valence-electron chi connectivity index (χ4n) is 3.07. The van der Waals surface area contributed by atoms with E-state index in [1.54, 1.807) is 0 Å². The molecule has 5 nitrogen and oxygen atoms in total. The van der Waals surface area contributed by atoms with Crippen LogP contribution in [0.4, 0.5) is 0 Å². The van der Waals surface area contributed by atoms with Crippen LogP contribution in [0, 0.1) is 0 Å². The van der Waals surface area contributed by atoms with Gasteiger partial charge in [-0.3, -0.25) is 4.79 Å². The molecule has 156 valence electrons. The second kappa shape index (κ2) is 22.4. The van der Waals surface area contributed by atoms with Crippen molar-refractivity contribution >= 4 is 5.97 Å². The SMILES string of the molecule is CCCCCCCCCCCCCCCNCCNCCNCC(=O)O. The predicted molar refractivity (Wildman–Crippen MR) is 112 cm³/mol. The van der Waals surface area contributed by atoms with Gasteiger partial charge in [0.1, 0.15) is 0 Å². The van der Waals surface area contributed by atoms with Gasteiger partial charge in [0, 0.05) is 26.2 Å². The van der Waals surface area contributed by atoms with Crippen LogP contribution < -0.4 is 16.0 Å². The normalized spacial score (nSPS) is 11.1. The molecule has 0 saturated carbocycles. The summed E-state index contributed by atoms with van der Waals surface area (Å²) < 4.78 is 0. The van der Waals surface area contributed by atoms with Crippen LogP contribution >= 0.6 is 0 Å². The van der Waals surface area contributed by atoms with Crippen molar-refractivity contribution in [3.05, 3.63) is 0 Å². The van der Waals surface area contributed by atoms with Crippen molar-refractivity contribution in [3.63, 3.8) is 0 Å². The lowest BCUT2D eigenvalue weighted by Gasteiger charge is -2.07. The first kappa shape index (κ1) is 25.4. The third-order valence-corrected chi connectivity index (χ3v) is 4.69. The smallest absolute Gasteiger partial charge is 0.317 e. The summed E-state index contributed by atoms with van der Waals surface area (Å²) in [5.74, 6) is -0.801. The standard InChI is InChI=1S/C21H45N3O2/c1-2-3-4-5-6-7-8-9-10-11-12-13-14-15-22-16-17-23-18-19-24-20-21(25)26/h22-24H,2-20H2,1H3,(H,25,26). The minimum absolute atomic E-state index is 0.0407. The van der Waals surface area contributed by atoms with E-state index in [0.717, 1.165) is 26.2 Å². The van der Waals surface area contributed by atoms with E-state index in [4.69, 9.17) is 5.11 Å². The molecular formula is C21H45N3O2. The van der Waals surface area contributed by atoms with Gasteiger partial charge in [-0.1, -0.05) is 84.0 Å². The molecule has 0 heterocycles. The average molecular weight is 372 g/mol. The molecule has 4 N–H and O–H groups in total. The molecule has 0 fully saturated rings. The summed E-state index contributed by atoms with van der Waals surface area (Å²) in [6.07, 6.45) is 18.2. The molecule has 0 unspecified atom stereocenters. The third kappa shape index (κ3) is 23.4. The van der Waals surface area contributed by atoms with Crippen LogP contribution in [-0.2, 0) is 4.79 Å². The van der Waals surface area contributed by atoms with Gasteiger partial charge in [-0.05, 0) is 13.0 Å². The molecule has 0 amide bonds. The number of hydrogen-bond donors (Lipinski definition) is 4. The van der Waals surface area contributed by atoms with Crippen LogP contribution in [0.3, 0.4) is 0 Å². The van der Waals surface area contributed by atoms with Gasteiger partial charge in [0.25, 0.3) is 0 Å². The summed E-state index contributed by atoms with van der Waals surface area (Å²) in [5, 5.41) is 18.1. The van der Waals surface area contributed by atoms with Crippen LogP contribution in [-0.4, -0.2) is 50.3 Å². The van der Waals surface area contributed by atoms with Gasteiger partial charge in [0.05, 0.1) is 6.54 Å². The van der Waals surface area contributed by atoms with Gasteiger partial charge >= 0.3 is 5.97 Å². The average Bonchev–Trinajstić information content (AvgIpc) is 2.62. The third-order valence-electron chi connectivity index (χ3n) is 4.69. The Labute approximate surface area is 162 Å². The van der Waals surface area contributed by atoms with E-state index in [9.17, 15) is 4.79 Å². The number of carboxylic acid groups (broad SMARTS) is 1. The zero-order valence-corrected chi connectivity index (χ0v) is 17.3. The van der Waals surface area contributed by atoms with Gasteiger partial charge in [-0.25, -0.2) is 0 Å². The first-order valence-electron chi connectivity index (χ1n) is 11.1. The van der Waals surface area contributed by atoms with Crippen molar-refractivity contribution in [1.82, 2.24) is 16.0 Å². The molecule has 0 aliphatic rings. The molecule has 0 aromatic carbocycles. The Balaban J connectivity index is 2.98. The number of aliphatic carboxylic acids is 1. The van der Waals surface area contributed by atoms with Crippen LogP contribution in [0.5, 0.6) is 0 Å². The zero-order chi connectivity index (χ0) is 19.1. The molecule has 0 aromatic heterocycles. The molecule has 0 aromatic rings. The van der Waals surface area contributed by atoms with E-state index < -0.39 is 5.97 Å². The van der Waals surface area contributed by atoms with E-state index in [1.807, 2.05) is 0 Å². The lowest BCUT2D eigenvalue weighted by atomic mass is 10.0. The molecule has 0 aliphatic heterocycles. The van der Waals surface area contributed by atoms with Crippen molar-refractivity contribution < 1.29 is 9.90 Å². The second-order valence-electron chi connectivity index (χ2n) is 7.31. The highest BCUT2D eigenvalue weighted by Crippen LogP contribution is 2.12. The van der Waals surface area contributed by atoms with Gasteiger partial charge in [-0.2, -0.15) is 0 Å². The Morgan fingerprint density at radius 1 is 0.577 bits per heavy atom. The van der Waals surface area contributed by atoms with Crippen molar-refractivity contribution in [2.24, 2.45) is 0 Å². The molecule has 0 rings (SSSR count). The van der Waals surface area contributed by atoms with Gasteiger partial charge in [0.15, 0.2) is 0 Å². The maximum atomic E-state index is 10.3. The van der Waals surface area contributed by atoms with Gasteiger partial charge in [-0.15, -0.1) is 0 Å². The number of unbranched alkanes of at least 4 members (excludes halogenated alkanes) is 12. The number of hydrogen-bond acceptors (Lipinski definition) is 4. The van der Waals surface area contributed by atoms with Crippen LogP contribution in [0.25, 0.3) is 0 Å². The Kier molecular flexibility index (Phi) is 21.8. The van der Waals surface area contributed by atoms with Gasteiger partial charge < -0.3 is 21.1 Å². The van der Waals surface area contributed by atoms with E-state index in [-0.39, 0.29) is 6.54 Å². The molecule has 0 aliphatic carbocycles. The molecular weight excluding hydrogens is 326 g/mol. The van der Waals surface area contributed by atoms with E-state index in [1.165, 1.54) is 83.5 Å². The first-order chi connectivity index (χ1) is 12.8. The Morgan fingerprint density at radius 2 is 0.962 bits per heavy atom. The van der Waals surface area contributed by atoms with Crippen LogP contribution in [0.15, 0.2) is 0 Å². The Bertz CT molecular complexity index is 288.